The highest BCUT2D eigenvalue weighted by Gasteiger charge is 2.25. The molecule has 1 aliphatic rings. The van der Waals surface area contributed by atoms with E-state index in [-0.39, 0.29) is 16.6 Å². The lowest BCUT2D eigenvalue weighted by Crippen LogP contribution is -2.44. The van der Waals surface area contributed by atoms with Gasteiger partial charge in [0.25, 0.3) is 11.6 Å². The molecule has 7 nitrogen and oxygen atoms in total. The molecular weight excluding hydrogens is 392 g/mol. The monoisotopic (exact) mass is 416 g/mol. The molecule has 1 saturated heterocycles. The van der Waals surface area contributed by atoms with Crippen LogP contribution in [0.4, 0.5) is 17.1 Å². The van der Waals surface area contributed by atoms with E-state index < -0.39 is 4.92 Å². The Balaban J connectivity index is 1.87. The first kappa shape index (κ1) is 21.1. The SMILES string of the molecule is CC(C)c1ccc(C(=O)Nc2cc(N3CCN(C)CC3)c([N+](=O)[O-])cc2Cl)cc1. The maximum absolute atomic E-state index is 12.7. The molecule has 1 amide bonds. The molecule has 2 aromatic carbocycles. The maximum Gasteiger partial charge on any atom is 0.294 e. The third-order valence-corrected chi connectivity index (χ3v) is 5.51. The number of carbonyl (C=O) groups is 1. The van der Waals surface area contributed by atoms with Gasteiger partial charge in [-0.15, -0.1) is 0 Å². The molecule has 1 heterocycles. The number of hydrogen-bond acceptors (Lipinski definition) is 5. The Morgan fingerprint density at radius 1 is 1.14 bits per heavy atom. The fourth-order valence-electron chi connectivity index (χ4n) is 3.31. The molecule has 3 rings (SSSR count). The molecule has 8 heteroatoms. The van der Waals surface area contributed by atoms with Gasteiger partial charge in [-0.1, -0.05) is 37.6 Å². The Kier molecular flexibility index (Phi) is 6.39. The van der Waals surface area contributed by atoms with Crippen molar-refractivity contribution in [2.45, 2.75) is 19.8 Å². The molecule has 0 spiro atoms. The number of nitrogens with one attached hydrogen (secondary N) is 1. The Bertz CT molecular complexity index is 907. The van der Waals surface area contributed by atoms with E-state index in [0.717, 1.165) is 18.7 Å². The normalized spacial score (nSPS) is 14.9. The van der Waals surface area contributed by atoms with Crippen molar-refractivity contribution in [3.63, 3.8) is 0 Å². The van der Waals surface area contributed by atoms with Gasteiger partial charge < -0.3 is 15.1 Å². The van der Waals surface area contributed by atoms with E-state index in [1.165, 1.54) is 6.07 Å². The smallest absolute Gasteiger partial charge is 0.294 e. The second kappa shape index (κ2) is 8.80. The van der Waals surface area contributed by atoms with E-state index in [1.54, 1.807) is 18.2 Å². The summed E-state index contributed by atoms with van der Waals surface area (Å²) in [5.74, 6) is 0.0720. The molecule has 0 unspecified atom stereocenters. The number of hydrogen-bond donors (Lipinski definition) is 1. The van der Waals surface area contributed by atoms with Gasteiger partial charge in [0, 0.05) is 37.8 Å². The molecule has 2 aromatic rings. The predicted octanol–water partition coefficient (Wildman–Crippen LogP) is 4.38. The Labute approximate surface area is 175 Å². The van der Waals surface area contributed by atoms with Crippen LogP contribution in [-0.4, -0.2) is 49.0 Å². The number of nitro groups is 1. The quantitative estimate of drug-likeness (QED) is 0.578. The molecule has 0 radical (unpaired) electrons. The first-order valence-corrected chi connectivity index (χ1v) is 9.97. The maximum atomic E-state index is 12.7. The summed E-state index contributed by atoms with van der Waals surface area (Å²) in [6.07, 6.45) is 0. The van der Waals surface area contributed by atoms with Crippen LogP contribution >= 0.6 is 11.6 Å². The van der Waals surface area contributed by atoms with Crippen LogP contribution in [0.2, 0.25) is 5.02 Å². The molecule has 154 valence electrons. The average molecular weight is 417 g/mol. The van der Waals surface area contributed by atoms with E-state index in [4.69, 9.17) is 11.6 Å². The Morgan fingerprint density at radius 2 is 1.76 bits per heavy atom. The topological polar surface area (TPSA) is 78.7 Å². The minimum atomic E-state index is -0.435. The van der Waals surface area contributed by atoms with E-state index in [2.05, 4.69) is 24.1 Å². The zero-order valence-corrected chi connectivity index (χ0v) is 17.6. The number of likely N-dealkylation sites (N-methyl/N-ethyl adjacent to an activating group) is 1. The second-order valence-corrected chi connectivity index (χ2v) is 8.01. The predicted molar refractivity (Wildman–Crippen MR) is 116 cm³/mol. The summed E-state index contributed by atoms with van der Waals surface area (Å²) in [5.41, 5.74) is 2.43. The number of benzene rings is 2. The van der Waals surface area contributed by atoms with Crippen LogP contribution in [-0.2, 0) is 0 Å². The zero-order chi connectivity index (χ0) is 21.1. The van der Waals surface area contributed by atoms with Gasteiger partial charge in [0.2, 0.25) is 0 Å². The highest BCUT2D eigenvalue weighted by Crippen LogP contribution is 2.37. The molecule has 1 N–H and O–H groups in total. The van der Waals surface area contributed by atoms with Crippen molar-refractivity contribution in [3.05, 3.63) is 62.7 Å². The number of piperazine rings is 1. The van der Waals surface area contributed by atoms with Crippen molar-refractivity contribution in [2.75, 3.05) is 43.4 Å². The molecule has 29 heavy (non-hydrogen) atoms. The number of nitrogens with zero attached hydrogens (tertiary/aromatic N) is 3. The van der Waals surface area contributed by atoms with Crippen molar-refractivity contribution < 1.29 is 9.72 Å². The lowest BCUT2D eigenvalue weighted by Gasteiger charge is -2.33. The van der Waals surface area contributed by atoms with Gasteiger partial charge in [-0.2, -0.15) is 0 Å². The van der Waals surface area contributed by atoms with Crippen LogP contribution in [0.15, 0.2) is 36.4 Å². The van der Waals surface area contributed by atoms with Gasteiger partial charge in [0.15, 0.2) is 0 Å². The number of nitro benzene ring substituents is 1. The lowest BCUT2D eigenvalue weighted by molar-refractivity contribution is -0.384. The van der Waals surface area contributed by atoms with E-state index in [9.17, 15) is 14.9 Å². The summed E-state index contributed by atoms with van der Waals surface area (Å²) in [5, 5.41) is 14.5. The molecule has 0 saturated carbocycles. The van der Waals surface area contributed by atoms with Crippen LogP contribution < -0.4 is 10.2 Å². The first-order valence-electron chi connectivity index (χ1n) is 9.59. The lowest BCUT2D eigenvalue weighted by atomic mass is 10.0. The number of rotatable bonds is 5. The standard InChI is InChI=1S/C21H25ClN4O3/c1-14(2)15-4-6-16(7-5-15)21(27)23-18-13-19(20(26(28)29)12-17(18)22)25-10-8-24(3)9-11-25/h4-7,12-14H,8-11H2,1-3H3,(H,23,27). The van der Waals surface area contributed by atoms with Gasteiger partial charge in [-0.3, -0.25) is 14.9 Å². The summed E-state index contributed by atoms with van der Waals surface area (Å²) < 4.78 is 0. The zero-order valence-electron chi connectivity index (χ0n) is 16.8. The molecule has 0 bridgehead atoms. The van der Waals surface area contributed by atoms with Crippen LogP contribution in [0.1, 0.15) is 35.7 Å². The van der Waals surface area contributed by atoms with Gasteiger partial charge in [0.1, 0.15) is 5.69 Å². The minimum absolute atomic E-state index is 0.0566. The summed E-state index contributed by atoms with van der Waals surface area (Å²) in [6.45, 7) is 7.14. The highest BCUT2D eigenvalue weighted by atomic mass is 35.5. The average Bonchev–Trinajstić information content (AvgIpc) is 2.69. The molecule has 0 aliphatic carbocycles. The van der Waals surface area contributed by atoms with E-state index in [1.807, 2.05) is 24.1 Å². The van der Waals surface area contributed by atoms with Gasteiger partial charge in [0.05, 0.1) is 15.6 Å². The number of carbonyl (C=O) groups excluding carboxylic acids is 1. The van der Waals surface area contributed by atoms with Crippen molar-refractivity contribution in [2.24, 2.45) is 0 Å². The molecule has 0 aromatic heterocycles. The minimum Gasteiger partial charge on any atom is -0.363 e. The Hall–Kier alpha value is -2.64. The van der Waals surface area contributed by atoms with Crippen molar-refractivity contribution >= 4 is 34.6 Å². The van der Waals surface area contributed by atoms with Crippen molar-refractivity contribution in [3.8, 4) is 0 Å². The van der Waals surface area contributed by atoms with E-state index in [0.29, 0.717) is 35.9 Å². The summed E-state index contributed by atoms with van der Waals surface area (Å²) in [7, 11) is 2.02. The first-order chi connectivity index (χ1) is 13.8. The van der Waals surface area contributed by atoms with Gasteiger partial charge in [-0.25, -0.2) is 0 Å². The summed E-state index contributed by atoms with van der Waals surface area (Å²) in [6, 6.07) is 10.3. The largest absolute Gasteiger partial charge is 0.363 e. The third kappa shape index (κ3) is 4.86. The third-order valence-electron chi connectivity index (χ3n) is 5.19. The van der Waals surface area contributed by atoms with Crippen molar-refractivity contribution in [1.29, 1.82) is 0 Å². The van der Waals surface area contributed by atoms with Crippen LogP contribution in [0, 0.1) is 10.1 Å². The summed E-state index contributed by atoms with van der Waals surface area (Å²) >= 11 is 6.26. The molecule has 0 atom stereocenters. The fraction of sp³-hybridized carbons (Fsp3) is 0.381. The molecule has 1 aliphatic heterocycles. The van der Waals surface area contributed by atoms with Crippen LogP contribution in [0.5, 0.6) is 0 Å². The van der Waals surface area contributed by atoms with Crippen LogP contribution in [0.25, 0.3) is 0 Å². The summed E-state index contributed by atoms with van der Waals surface area (Å²) in [4.78, 5) is 27.9. The molecule has 1 fully saturated rings. The van der Waals surface area contributed by atoms with Crippen molar-refractivity contribution in [1.82, 2.24) is 4.90 Å². The Morgan fingerprint density at radius 3 is 2.31 bits per heavy atom. The highest BCUT2D eigenvalue weighted by molar-refractivity contribution is 6.34. The fourth-order valence-corrected chi connectivity index (χ4v) is 3.51. The van der Waals surface area contributed by atoms with Gasteiger partial charge >= 0.3 is 0 Å². The van der Waals surface area contributed by atoms with Gasteiger partial charge in [-0.05, 0) is 36.7 Å². The molecular formula is C21H25ClN4O3. The number of anilines is 2. The van der Waals surface area contributed by atoms with Crippen LogP contribution in [0.3, 0.4) is 0 Å². The number of amides is 1. The second-order valence-electron chi connectivity index (χ2n) is 7.60. The van der Waals surface area contributed by atoms with E-state index >= 15 is 0 Å². The number of halogens is 1.